The monoisotopic (exact) mass is 301 g/mol. The van der Waals surface area contributed by atoms with Gasteiger partial charge in [0.05, 0.1) is 0 Å². The fourth-order valence-electron chi connectivity index (χ4n) is 3.86. The highest BCUT2D eigenvalue weighted by Crippen LogP contribution is 2.40. The molecule has 0 aromatic heterocycles. The van der Waals surface area contributed by atoms with Crippen molar-refractivity contribution in [3.63, 3.8) is 0 Å². The Hall–Kier alpha value is -1.64. The van der Waals surface area contributed by atoms with Crippen molar-refractivity contribution in [2.75, 3.05) is 6.54 Å². The predicted octanol–water partition coefficient (Wildman–Crippen LogP) is 4.11. The van der Waals surface area contributed by atoms with Crippen molar-refractivity contribution in [3.8, 4) is 0 Å². The quantitative estimate of drug-likeness (QED) is 0.833. The van der Waals surface area contributed by atoms with Gasteiger partial charge in [0.15, 0.2) is 0 Å². The number of benzene rings is 1. The Morgan fingerprint density at radius 3 is 2.55 bits per heavy atom. The molecule has 0 spiro atoms. The van der Waals surface area contributed by atoms with E-state index in [0.29, 0.717) is 6.54 Å². The molecule has 0 radical (unpaired) electrons. The maximum absolute atomic E-state index is 13.2. The van der Waals surface area contributed by atoms with Gasteiger partial charge in [-0.1, -0.05) is 37.1 Å². The van der Waals surface area contributed by atoms with Gasteiger partial charge < -0.3 is 5.32 Å². The first kappa shape index (κ1) is 15.3. The average molecular weight is 301 g/mol. The number of halogens is 1. The predicted molar refractivity (Wildman–Crippen MR) is 86.0 cm³/mol. The number of carbonyl (C=O) groups excluding carboxylic acids is 1. The first-order valence-corrected chi connectivity index (χ1v) is 8.38. The van der Waals surface area contributed by atoms with E-state index >= 15 is 0 Å². The molecule has 1 aromatic rings. The second-order valence-electron chi connectivity index (χ2n) is 6.69. The van der Waals surface area contributed by atoms with Gasteiger partial charge in [-0.05, 0) is 49.8 Å². The number of hydrogen-bond donors (Lipinski definition) is 1. The Labute approximate surface area is 131 Å². The maximum Gasteiger partial charge on any atom is 0.223 e. The molecule has 0 heterocycles. The summed E-state index contributed by atoms with van der Waals surface area (Å²) in [6, 6.07) is 6.83. The van der Waals surface area contributed by atoms with Gasteiger partial charge in [-0.2, -0.15) is 0 Å². The highest BCUT2D eigenvalue weighted by atomic mass is 19.1. The van der Waals surface area contributed by atoms with Crippen molar-refractivity contribution in [2.45, 2.75) is 50.4 Å². The van der Waals surface area contributed by atoms with Crippen molar-refractivity contribution in [2.24, 2.45) is 5.92 Å². The van der Waals surface area contributed by atoms with E-state index in [9.17, 15) is 9.18 Å². The van der Waals surface area contributed by atoms with E-state index in [2.05, 4.69) is 17.5 Å². The van der Waals surface area contributed by atoms with Crippen LogP contribution in [0.1, 0.15) is 50.5 Å². The highest BCUT2D eigenvalue weighted by Gasteiger charge is 2.36. The van der Waals surface area contributed by atoms with Gasteiger partial charge in [-0.3, -0.25) is 4.79 Å². The molecule has 1 amide bonds. The van der Waals surface area contributed by atoms with Gasteiger partial charge in [0, 0.05) is 17.9 Å². The summed E-state index contributed by atoms with van der Waals surface area (Å²) in [7, 11) is 0. The zero-order chi connectivity index (χ0) is 15.4. The molecule has 3 heteroatoms. The van der Waals surface area contributed by atoms with E-state index in [1.165, 1.54) is 25.0 Å². The van der Waals surface area contributed by atoms with E-state index < -0.39 is 0 Å². The fourth-order valence-corrected chi connectivity index (χ4v) is 3.86. The van der Waals surface area contributed by atoms with Crippen molar-refractivity contribution in [1.29, 1.82) is 0 Å². The zero-order valence-electron chi connectivity index (χ0n) is 13.0. The van der Waals surface area contributed by atoms with Gasteiger partial charge in [-0.15, -0.1) is 0 Å². The van der Waals surface area contributed by atoms with Crippen molar-refractivity contribution >= 4 is 5.91 Å². The largest absolute Gasteiger partial charge is 0.355 e. The van der Waals surface area contributed by atoms with Crippen molar-refractivity contribution in [3.05, 3.63) is 47.8 Å². The molecule has 0 aliphatic heterocycles. The number of allylic oxidation sites excluding steroid dienone is 2. The number of amides is 1. The summed E-state index contributed by atoms with van der Waals surface area (Å²) >= 11 is 0. The molecule has 22 heavy (non-hydrogen) atoms. The van der Waals surface area contributed by atoms with E-state index in [0.717, 1.165) is 37.7 Å². The van der Waals surface area contributed by atoms with Crippen molar-refractivity contribution < 1.29 is 9.18 Å². The smallest absolute Gasteiger partial charge is 0.223 e. The number of carbonyl (C=O) groups is 1. The molecule has 1 saturated carbocycles. The summed E-state index contributed by atoms with van der Waals surface area (Å²) < 4.78 is 13.2. The molecule has 0 unspecified atom stereocenters. The van der Waals surface area contributed by atoms with Crippen LogP contribution >= 0.6 is 0 Å². The highest BCUT2D eigenvalue weighted by molar-refractivity contribution is 5.79. The van der Waals surface area contributed by atoms with Crippen LogP contribution in [0.4, 0.5) is 4.39 Å². The Balaban J connectivity index is 1.68. The lowest BCUT2D eigenvalue weighted by Crippen LogP contribution is -2.41. The summed E-state index contributed by atoms with van der Waals surface area (Å²) in [6.07, 6.45) is 11.6. The summed E-state index contributed by atoms with van der Waals surface area (Å²) in [6.45, 7) is 0.678. The molecule has 118 valence electrons. The fraction of sp³-hybridized carbons (Fsp3) is 0.526. The minimum atomic E-state index is -0.199. The molecule has 1 aromatic carbocycles. The summed E-state index contributed by atoms with van der Waals surface area (Å²) in [5.74, 6) is 0.101. The molecule has 2 nitrogen and oxygen atoms in total. The Bertz CT molecular complexity index is 543. The minimum absolute atomic E-state index is 0.00609. The number of hydrogen-bond acceptors (Lipinski definition) is 1. The average Bonchev–Trinajstić information content (AvgIpc) is 3.04. The third-order valence-electron chi connectivity index (χ3n) is 5.26. The Morgan fingerprint density at radius 1 is 1.18 bits per heavy atom. The van der Waals surface area contributed by atoms with Crippen LogP contribution in [0.2, 0.25) is 0 Å². The normalized spacial score (nSPS) is 23.4. The SMILES string of the molecule is O=C(NCC1(c2ccc(F)cc2)CCCC1)[C@@H]1CC=CCC1. The van der Waals surface area contributed by atoms with E-state index in [4.69, 9.17) is 0 Å². The van der Waals surface area contributed by atoms with Crippen LogP contribution in [-0.2, 0) is 10.2 Å². The van der Waals surface area contributed by atoms with Gasteiger partial charge in [-0.25, -0.2) is 4.39 Å². The van der Waals surface area contributed by atoms with E-state index in [1.54, 1.807) is 0 Å². The lowest BCUT2D eigenvalue weighted by atomic mass is 9.78. The van der Waals surface area contributed by atoms with Crippen LogP contribution < -0.4 is 5.32 Å². The van der Waals surface area contributed by atoms with Crippen LogP contribution in [0, 0.1) is 11.7 Å². The first-order chi connectivity index (χ1) is 10.7. The molecule has 0 bridgehead atoms. The van der Waals surface area contributed by atoms with Gasteiger partial charge in [0.25, 0.3) is 0 Å². The molecule has 2 aliphatic carbocycles. The van der Waals surface area contributed by atoms with Gasteiger partial charge >= 0.3 is 0 Å². The Morgan fingerprint density at radius 2 is 1.91 bits per heavy atom. The second kappa shape index (κ2) is 6.64. The third kappa shape index (κ3) is 3.23. The van der Waals surface area contributed by atoms with E-state index in [-0.39, 0.29) is 23.1 Å². The number of rotatable bonds is 4. The molecule has 3 rings (SSSR count). The van der Waals surface area contributed by atoms with Crippen molar-refractivity contribution in [1.82, 2.24) is 5.32 Å². The van der Waals surface area contributed by atoms with Gasteiger partial charge in [0.2, 0.25) is 5.91 Å². The molecule has 1 fully saturated rings. The van der Waals surface area contributed by atoms with Crippen LogP contribution in [0.25, 0.3) is 0 Å². The molecule has 1 N–H and O–H groups in total. The van der Waals surface area contributed by atoms with Crippen LogP contribution in [0.5, 0.6) is 0 Å². The van der Waals surface area contributed by atoms with Crippen LogP contribution in [0.15, 0.2) is 36.4 Å². The topological polar surface area (TPSA) is 29.1 Å². The zero-order valence-corrected chi connectivity index (χ0v) is 13.0. The second-order valence-corrected chi connectivity index (χ2v) is 6.69. The van der Waals surface area contributed by atoms with Gasteiger partial charge in [0.1, 0.15) is 5.82 Å². The van der Waals surface area contributed by atoms with Crippen LogP contribution in [-0.4, -0.2) is 12.5 Å². The minimum Gasteiger partial charge on any atom is -0.355 e. The summed E-state index contributed by atoms with van der Waals surface area (Å²) in [5, 5.41) is 3.18. The molecule has 1 atom stereocenters. The molecule has 0 saturated heterocycles. The lowest BCUT2D eigenvalue weighted by molar-refractivity contribution is -0.125. The maximum atomic E-state index is 13.2. The number of nitrogens with one attached hydrogen (secondary N) is 1. The third-order valence-corrected chi connectivity index (χ3v) is 5.26. The molecular weight excluding hydrogens is 277 g/mol. The lowest BCUT2D eigenvalue weighted by Gasteiger charge is -2.31. The Kier molecular flexibility index (Phi) is 4.60. The molecular formula is C19H24FNO. The molecule has 2 aliphatic rings. The summed E-state index contributed by atoms with van der Waals surface area (Å²) in [4.78, 5) is 12.4. The van der Waals surface area contributed by atoms with Crippen LogP contribution in [0.3, 0.4) is 0 Å². The standard InChI is InChI=1S/C19H24FNO/c20-17-10-8-16(9-11-17)19(12-4-5-13-19)14-21-18(22)15-6-2-1-3-7-15/h1-2,8-11,15H,3-7,12-14H2,(H,21,22)/t15-/m1/s1. The van der Waals surface area contributed by atoms with E-state index in [1.807, 2.05) is 12.1 Å². The first-order valence-electron chi connectivity index (χ1n) is 8.38. The summed E-state index contributed by atoms with van der Waals surface area (Å²) in [5.41, 5.74) is 1.16.